The van der Waals surface area contributed by atoms with Crippen LogP contribution in [0.15, 0.2) is 42.5 Å². The summed E-state index contributed by atoms with van der Waals surface area (Å²) in [6.07, 6.45) is -0.446. The third-order valence-corrected chi connectivity index (χ3v) is 9.11. The molecule has 2 heterocycles. The normalized spacial score (nSPS) is 23.5. The maximum Gasteiger partial charge on any atom is 0.245 e. The summed E-state index contributed by atoms with van der Waals surface area (Å²) < 4.78 is 11.7. The van der Waals surface area contributed by atoms with E-state index in [0.717, 1.165) is 47.5 Å². The molecule has 2 aliphatic heterocycles. The summed E-state index contributed by atoms with van der Waals surface area (Å²) in [4.78, 5) is 27.4. The highest BCUT2D eigenvalue weighted by Crippen LogP contribution is 2.33. The Bertz CT molecular complexity index is 1380. The van der Waals surface area contributed by atoms with Crippen molar-refractivity contribution in [3.05, 3.63) is 70.3 Å². The summed E-state index contributed by atoms with van der Waals surface area (Å²) >= 11 is 1.27. The van der Waals surface area contributed by atoms with E-state index in [1.54, 1.807) is 20.1 Å². The molecule has 1 unspecified atom stereocenters. The van der Waals surface area contributed by atoms with Crippen molar-refractivity contribution in [2.24, 2.45) is 0 Å². The number of hydrogen-bond donors (Lipinski definition) is 5. The highest BCUT2D eigenvalue weighted by molar-refractivity contribution is 7.87. The summed E-state index contributed by atoms with van der Waals surface area (Å²) in [6.45, 7) is 9.59. The average molecular weight is 656 g/mol. The number of rotatable bonds is 13. The highest BCUT2D eigenvalue weighted by atomic mass is 32.1. The van der Waals surface area contributed by atoms with E-state index < -0.39 is 36.1 Å². The molecule has 46 heavy (non-hydrogen) atoms. The summed E-state index contributed by atoms with van der Waals surface area (Å²) in [6, 6.07) is 13.9. The van der Waals surface area contributed by atoms with Gasteiger partial charge in [-0.05, 0) is 80.9 Å². The number of carbonyl (C=O) groups excluding carboxylic acids is 2. The predicted octanol–water partition coefficient (Wildman–Crippen LogP) is 2.44. The maximum absolute atomic E-state index is 12.6. The number of nitrogens with one attached hydrogen (secondary N) is 2. The number of likely N-dealkylation sites (tertiary alicyclic amines) is 1. The molecular weight excluding hydrogens is 606 g/mol. The lowest BCUT2D eigenvalue weighted by molar-refractivity contribution is -0.209. The van der Waals surface area contributed by atoms with Crippen LogP contribution in [0.1, 0.15) is 67.0 Å². The van der Waals surface area contributed by atoms with Crippen LogP contribution in [-0.4, -0.2) is 101 Å². The summed E-state index contributed by atoms with van der Waals surface area (Å²) in [5, 5.41) is 40.0. The van der Waals surface area contributed by atoms with E-state index in [1.807, 2.05) is 49.4 Å². The Morgan fingerprint density at radius 1 is 1.04 bits per heavy atom. The number of aliphatic hydroxyl groups excluding tert-OH is 3. The van der Waals surface area contributed by atoms with E-state index in [1.165, 1.54) is 24.0 Å². The van der Waals surface area contributed by atoms with Gasteiger partial charge in [-0.15, -0.1) is 11.2 Å². The molecule has 4 rings (SSSR count). The van der Waals surface area contributed by atoms with Gasteiger partial charge < -0.3 is 40.3 Å². The maximum atomic E-state index is 12.6. The van der Waals surface area contributed by atoms with Gasteiger partial charge in [0, 0.05) is 19.3 Å². The molecule has 5 N–H and O–H groups in total. The average Bonchev–Trinajstić information content (AvgIpc) is 3.55. The summed E-state index contributed by atoms with van der Waals surface area (Å²) in [7, 11) is 0. The lowest BCUT2D eigenvalue weighted by Gasteiger charge is -2.39. The zero-order valence-corrected chi connectivity index (χ0v) is 28.1. The first kappa shape index (κ1) is 36.0. The van der Waals surface area contributed by atoms with Crippen molar-refractivity contribution >= 4 is 23.0 Å². The number of ether oxygens (including phenoxy) is 2. The van der Waals surface area contributed by atoms with Gasteiger partial charge in [0.25, 0.3) is 0 Å². The van der Waals surface area contributed by atoms with Crippen LogP contribution in [0.25, 0.3) is 0 Å². The van der Waals surface area contributed by atoms with Gasteiger partial charge in [-0.2, -0.15) is 0 Å². The fourth-order valence-corrected chi connectivity index (χ4v) is 6.21. The van der Waals surface area contributed by atoms with Crippen LogP contribution in [0.5, 0.6) is 0 Å². The lowest BCUT2D eigenvalue weighted by atomic mass is 9.89. The zero-order chi connectivity index (χ0) is 33.3. The zero-order valence-electron chi connectivity index (χ0n) is 27.3. The SMILES string of the molecule is CS#CC1O[C@@H](c2ccc(C)c(Cc3ccc(COCCC(=O)NC(C)(C)C(=O)NCCN4CCCC4)cc3)c2)[C@H](O)[C@@H](O)[C@@H]1O. The molecule has 2 saturated heterocycles. The van der Waals surface area contributed by atoms with Crippen molar-refractivity contribution in [2.45, 2.75) is 89.1 Å². The number of aliphatic hydroxyl groups is 3. The Morgan fingerprint density at radius 3 is 2.43 bits per heavy atom. The second kappa shape index (κ2) is 16.8. The Balaban J connectivity index is 1.22. The largest absolute Gasteiger partial charge is 0.387 e. The molecule has 2 fully saturated rings. The molecule has 0 radical (unpaired) electrons. The molecule has 10 nitrogen and oxygen atoms in total. The van der Waals surface area contributed by atoms with Crippen LogP contribution in [0.3, 0.4) is 0 Å². The van der Waals surface area contributed by atoms with Crippen molar-refractivity contribution in [3.8, 4) is 5.18 Å². The quantitative estimate of drug-likeness (QED) is 0.208. The van der Waals surface area contributed by atoms with Crippen LogP contribution in [-0.2, 0) is 32.1 Å². The van der Waals surface area contributed by atoms with E-state index in [2.05, 4.69) is 20.7 Å². The Labute approximate surface area is 276 Å². The molecule has 252 valence electrons. The summed E-state index contributed by atoms with van der Waals surface area (Å²) in [5.41, 5.74) is 3.93. The van der Waals surface area contributed by atoms with Gasteiger partial charge in [0.05, 0.1) is 19.6 Å². The van der Waals surface area contributed by atoms with Gasteiger partial charge in [-0.3, -0.25) is 9.59 Å². The predicted molar refractivity (Wildman–Crippen MR) is 179 cm³/mol. The van der Waals surface area contributed by atoms with Crippen molar-refractivity contribution in [1.29, 1.82) is 0 Å². The number of carbonyl (C=O) groups is 2. The molecule has 2 amide bonds. The van der Waals surface area contributed by atoms with Gasteiger partial charge in [0.1, 0.15) is 36.1 Å². The van der Waals surface area contributed by atoms with Crippen LogP contribution < -0.4 is 10.6 Å². The topological polar surface area (TPSA) is 141 Å². The van der Waals surface area contributed by atoms with Crippen LogP contribution in [0.2, 0.25) is 0 Å². The van der Waals surface area contributed by atoms with Gasteiger partial charge in [0.15, 0.2) is 0 Å². The van der Waals surface area contributed by atoms with Gasteiger partial charge in [0.2, 0.25) is 11.8 Å². The Morgan fingerprint density at radius 2 is 1.74 bits per heavy atom. The molecule has 5 atom stereocenters. The van der Waals surface area contributed by atoms with Gasteiger partial charge in [-0.25, -0.2) is 0 Å². The molecule has 11 heteroatoms. The monoisotopic (exact) mass is 655 g/mol. The number of aryl methyl sites for hydroxylation is 1. The molecule has 0 aliphatic carbocycles. The smallest absolute Gasteiger partial charge is 0.245 e. The fraction of sp³-hybridized carbons (Fsp3) is 0.571. The second-order valence-electron chi connectivity index (χ2n) is 12.7. The van der Waals surface area contributed by atoms with Gasteiger partial charge in [-0.1, -0.05) is 47.6 Å². The molecule has 0 bridgehead atoms. The number of nitrogens with zero attached hydrogens (tertiary/aromatic N) is 1. The number of amides is 2. The van der Waals surface area contributed by atoms with E-state index in [4.69, 9.17) is 9.47 Å². The number of hydrogen-bond acceptors (Lipinski definition) is 8. The van der Waals surface area contributed by atoms with Crippen LogP contribution >= 0.6 is 11.2 Å². The lowest BCUT2D eigenvalue weighted by Crippen LogP contribution is -2.55. The molecule has 0 spiro atoms. The van der Waals surface area contributed by atoms with E-state index in [0.29, 0.717) is 19.6 Å². The third-order valence-electron chi connectivity index (χ3n) is 8.64. The molecular formula is C35H49N3O7S. The molecule has 2 aromatic rings. The van der Waals surface area contributed by atoms with Crippen molar-refractivity contribution in [2.75, 3.05) is 39.0 Å². The van der Waals surface area contributed by atoms with Crippen LogP contribution in [0.4, 0.5) is 0 Å². The third kappa shape index (κ3) is 9.82. The van der Waals surface area contributed by atoms with Crippen molar-refractivity contribution in [1.82, 2.24) is 15.5 Å². The minimum absolute atomic E-state index is 0.154. The van der Waals surface area contributed by atoms with E-state index >= 15 is 0 Å². The minimum atomic E-state index is -1.34. The first-order valence-electron chi connectivity index (χ1n) is 16.0. The standard InChI is InChI=1S/C35H49N3O7S/c1-23-7-12-26(33-32(42)31(41)30(40)28(45-33)22-46-4)20-27(23)19-24-8-10-25(11-9-24)21-44-18-13-29(39)37-35(2,3)34(43)36-14-17-38-15-5-6-16-38/h7-12,20,28,30-33,40-42H,5-6,13-19,21H2,1-4H3,(H,36,43)(H,37,39)/t28?,30-,31+,32-,33+/m1/s1. The fourth-order valence-electron chi connectivity index (χ4n) is 5.78. The van der Waals surface area contributed by atoms with E-state index in [9.17, 15) is 24.9 Å². The minimum Gasteiger partial charge on any atom is -0.387 e. The highest BCUT2D eigenvalue weighted by Gasteiger charge is 2.43. The molecule has 2 aliphatic rings. The van der Waals surface area contributed by atoms with Gasteiger partial charge >= 0.3 is 0 Å². The van der Waals surface area contributed by atoms with Crippen molar-refractivity contribution < 1.29 is 34.4 Å². The Kier molecular flexibility index (Phi) is 13.1. The number of benzene rings is 2. The first-order chi connectivity index (χ1) is 22.0. The Hall–Kier alpha value is -2.86. The molecule has 0 aromatic heterocycles. The first-order valence-corrected chi connectivity index (χ1v) is 17.3. The summed E-state index contributed by atoms with van der Waals surface area (Å²) in [5.74, 6) is -0.431. The van der Waals surface area contributed by atoms with Crippen molar-refractivity contribution in [3.63, 3.8) is 0 Å². The second-order valence-corrected chi connectivity index (χ2v) is 13.4. The van der Waals surface area contributed by atoms with E-state index in [-0.39, 0.29) is 24.8 Å². The van der Waals surface area contributed by atoms with Crippen LogP contribution in [0, 0.1) is 12.1 Å². The molecule has 2 aromatic carbocycles. The molecule has 0 saturated carbocycles.